The Kier molecular flexibility index (Phi) is 4.77. The molecule has 1 amide bonds. The summed E-state index contributed by atoms with van der Waals surface area (Å²) in [6.45, 7) is 0. The van der Waals surface area contributed by atoms with Gasteiger partial charge in [-0.15, -0.1) is 11.6 Å². The second-order valence-electron chi connectivity index (χ2n) is 5.73. The van der Waals surface area contributed by atoms with Crippen LogP contribution >= 0.6 is 11.6 Å². The molecule has 1 aliphatic rings. The Bertz CT molecular complexity index is 636. The average Bonchev–Trinajstić information content (AvgIpc) is 2.62. The monoisotopic (exact) mass is 327 g/mol. The molecule has 0 bridgehead atoms. The number of halogens is 1. The second kappa shape index (κ2) is 6.97. The number of alkyl halides is 1. The first-order valence-electron chi connectivity index (χ1n) is 7.69. The van der Waals surface area contributed by atoms with E-state index in [9.17, 15) is 9.59 Å². The molecule has 1 fully saturated rings. The third-order valence-electron chi connectivity index (χ3n) is 4.28. The first-order valence-corrected chi connectivity index (χ1v) is 8.23. The smallest absolute Gasteiger partial charge is 0.238 e. The molecule has 2 aromatic rings. The fourth-order valence-electron chi connectivity index (χ4n) is 3.25. The molecule has 2 atom stereocenters. The summed E-state index contributed by atoms with van der Waals surface area (Å²) in [5.74, 6) is -0.0471. The van der Waals surface area contributed by atoms with Gasteiger partial charge in [0.15, 0.2) is 0 Å². The van der Waals surface area contributed by atoms with Crippen molar-refractivity contribution in [1.82, 2.24) is 4.90 Å². The molecule has 3 rings (SSSR count). The number of rotatable bonds is 3. The third-order valence-corrected chi connectivity index (χ3v) is 4.51. The largest absolute Gasteiger partial charge is 0.327 e. The summed E-state index contributed by atoms with van der Waals surface area (Å²) >= 11 is 5.85. The van der Waals surface area contributed by atoms with Gasteiger partial charge >= 0.3 is 0 Å². The van der Waals surface area contributed by atoms with Crippen molar-refractivity contribution in [1.29, 1.82) is 0 Å². The highest BCUT2D eigenvalue weighted by atomic mass is 35.5. The summed E-state index contributed by atoms with van der Waals surface area (Å²) in [5.41, 5.74) is 1.94. The molecule has 0 spiro atoms. The van der Waals surface area contributed by atoms with E-state index in [0.717, 1.165) is 11.1 Å². The number of likely N-dealkylation sites (tertiary alicyclic amines) is 1. The zero-order chi connectivity index (χ0) is 16.2. The summed E-state index contributed by atoms with van der Waals surface area (Å²) in [6.07, 6.45) is 0.686. The highest BCUT2D eigenvalue weighted by molar-refractivity contribution is 6.27. The molecule has 2 unspecified atom stereocenters. The predicted octanol–water partition coefficient (Wildman–Crippen LogP) is 3.90. The molecule has 3 nitrogen and oxygen atoms in total. The molecule has 0 radical (unpaired) electrons. The first-order chi connectivity index (χ1) is 11.2. The van der Waals surface area contributed by atoms with Gasteiger partial charge in [-0.05, 0) is 11.1 Å². The fraction of sp³-hybridized carbons (Fsp3) is 0.263. The molecule has 1 heterocycles. The number of benzene rings is 2. The van der Waals surface area contributed by atoms with Gasteiger partial charge in [-0.25, -0.2) is 0 Å². The Balaban J connectivity index is 2.04. The van der Waals surface area contributed by atoms with E-state index in [1.807, 2.05) is 60.7 Å². The van der Waals surface area contributed by atoms with Gasteiger partial charge in [0.2, 0.25) is 5.91 Å². The summed E-state index contributed by atoms with van der Waals surface area (Å²) in [4.78, 5) is 26.6. The standard InChI is InChI=1S/C19H18ClNO2/c20-13-19(23)21-17(14-7-3-1-4-8-14)11-16(22)12-18(21)15-9-5-2-6-10-15/h1-10,17-18H,11-13H2. The predicted molar refractivity (Wildman–Crippen MR) is 90.2 cm³/mol. The summed E-state index contributed by atoms with van der Waals surface area (Å²) < 4.78 is 0. The number of carbonyl (C=O) groups is 2. The quantitative estimate of drug-likeness (QED) is 0.802. The zero-order valence-corrected chi connectivity index (χ0v) is 13.4. The number of hydrogen-bond donors (Lipinski definition) is 0. The van der Waals surface area contributed by atoms with Crippen LogP contribution in [0.15, 0.2) is 60.7 Å². The molecule has 0 aliphatic carbocycles. The number of ketones is 1. The lowest BCUT2D eigenvalue weighted by Gasteiger charge is -2.42. The van der Waals surface area contributed by atoms with Crippen LogP contribution in [0.2, 0.25) is 0 Å². The highest BCUT2D eigenvalue weighted by Crippen LogP contribution is 2.40. The van der Waals surface area contributed by atoms with Gasteiger partial charge in [0.25, 0.3) is 0 Å². The average molecular weight is 328 g/mol. The lowest BCUT2D eigenvalue weighted by Crippen LogP contribution is -2.44. The van der Waals surface area contributed by atoms with Gasteiger partial charge in [-0.2, -0.15) is 0 Å². The minimum atomic E-state index is -0.256. The second-order valence-corrected chi connectivity index (χ2v) is 6.00. The van der Waals surface area contributed by atoms with Crippen LogP contribution in [0.5, 0.6) is 0 Å². The molecule has 1 aliphatic heterocycles. The van der Waals surface area contributed by atoms with Crippen molar-refractivity contribution in [2.24, 2.45) is 0 Å². The Morgan fingerprint density at radius 2 is 1.35 bits per heavy atom. The van der Waals surface area contributed by atoms with Gasteiger partial charge < -0.3 is 4.90 Å². The molecule has 1 saturated heterocycles. The highest BCUT2D eigenvalue weighted by Gasteiger charge is 2.38. The number of hydrogen-bond acceptors (Lipinski definition) is 2. The topological polar surface area (TPSA) is 37.4 Å². The van der Waals surface area contributed by atoms with Gasteiger partial charge in [0.1, 0.15) is 11.7 Å². The summed E-state index contributed by atoms with van der Waals surface area (Å²) in [7, 11) is 0. The Labute approximate surface area is 140 Å². The minimum Gasteiger partial charge on any atom is -0.327 e. The number of piperidine rings is 1. The van der Waals surface area contributed by atoms with Crippen molar-refractivity contribution in [2.45, 2.75) is 24.9 Å². The maximum atomic E-state index is 12.5. The van der Waals surface area contributed by atoms with Crippen LogP contribution in [0.3, 0.4) is 0 Å². The van der Waals surface area contributed by atoms with Crippen molar-refractivity contribution in [3.05, 3.63) is 71.8 Å². The van der Waals surface area contributed by atoms with Gasteiger partial charge in [-0.1, -0.05) is 60.7 Å². The normalized spacial score (nSPS) is 21.3. The van der Waals surface area contributed by atoms with E-state index in [2.05, 4.69) is 0 Å². The van der Waals surface area contributed by atoms with E-state index in [-0.39, 0.29) is 29.7 Å². The SMILES string of the molecule is O=C1CC(c2ccccc2)N(C(=O)CCl)C(c2ccccc2)C1. The molecule has 0 N–H and O–H groups in total. The van der Waals surface area contributed by atoms with Crippen molar-refractivity contribution in [3.63, 3.8) is 0 Å². The maximum absolute atomic E-state index is 12.5. The van der Waals surface area contributed by atoms with Crippen molar-refractivity contribution < 1.29 is 9.59 Å². The van der Waals surface area contributed by atoms with Gasteiger partial charge in [0, 0.05) is 12.8 Å². The van der Waals surface area contributed by atoms with E-state index >= 15 is 0 Å². The molecule has 118 valence electrons. The van der Waals surface area contributed by atoms with Crippen molar-refractivity contribution in [3.8, 4) is 0 Å². The minimum absolute atomic E-state index is 0.0825. The van der Waals surface area contributed by atoms with Crippen LogP contribution < -0.4 is 0 Å². The van der Waals surface area contributed by atoms with E-state index < -0.39 is 0 Å². The van der Waals surface area contributed by atoms with Gasteiger partial charge in [-0.3, -0.25) is 9.59 Å². The molecule has 4 heteroatoms. The van der Waals surface area contributed by atoms with Crippen LogP contribution in [-0.4, -0.2) is 22.5 Å². The molecule has 2 aromatic carbocycles. The number of nitrogens with zero attached hydrogens (tertiary/aromatic N) is 1. The first kappa shape index (κ1) is 15.8. The summed E-state index contributed by atoms with van der Waals surface area (Å²) in [6, 6.07) is 18.9. The Hall–Kier alpha value is -2.13. The lowest BCUT2D eigenvalue weighted by atomic mass is 9.86. The lowest BCUT2D eigenvalue weighted by molar-refractivity contribution is -0.140. The number of amides is 1. The molecule has 0 aromatic heterocycles. The zero-order valence-electron chi connectivity index (χ0n) is 12.7. The van der Waals surface area contributed by atoms with Crippen molar-refractivity contribution >= 4 is 23.3 Å². The van der Waals surface area contributed by atoms with Crippen LogP contribution in [0, 0.1) is 0 Å². The fourth-order valence-corrected chi connectivity index (χ4v) is 3.39. The number of Topliss-reactive ketones (excluding diaryl/α,β-unsaturated/α-hetero) is 1. The maximum Gasteiger partial charge on any atom is 0.238 e. The Morgan fingerprint density at radius 1 is 0.913 bits per heavy atom. The molecular formula is C19H18ClNO2. The van der Waals surface area contributed by atoms with Crippen LogP contribution in [0.25, 0.3) is 0 Å². The van der Waals surface area contributed by atoms with E-state index in [1.165, 1.54) is 0 Å². The van der Waals surface area contributed by atoms with E-state index in [1.54, 1.807) is 4.90 Å². The Morgan fingerprint density at radius 3 is 1.74 bits per heavy atom. The summed E-state index contributed by atoms with van der Waals surface area (Å²) in [5, 5.41) is 0. The van der Waals surface area contributed by atoms with Crippen LogP contribution in [0.4, 0.5) is 0 Å². The van der Waals surface area contributed by atoms with E-state index in [0.29, 0.717) is 12.8 Å². The molecular weight excluding hydrogens is 310 g/mol. The van der Waals surface area contributed by atoms with E-state index in [4.69, 9.17) is 11.6 Å². The molecule has 23 heavy (non-hydrogen) atoms. The van der Waals surface area contributed by atoms with Crippen molar-refractivity contribution in [2.75, 3.05) is 5.88 Å². The van der Waals surface area contributed by atoms with Gasteiger partial charge in [0.05, 0.1) is 12.1 Å². The third kappa shape index (κ3) is 3.30. The van der Waals surface area contributed by atoms with Crippen LogP contribution in [-0.2, 0) is 9.59 Å². The molecule has 0 saturated carbocycles. The van der Waals surface area contributed by atoms with Crippen LogP contribution in [0.1, 0.15) is 36.1 Å². The number of carbonyl (C=O) groups excluding carboxylic acids is 2.